The van der Waals surface area contributed by atoms with E-state index in [1.807, 2.05) is 44.6 Å². The molecule has 0 bridgehead atoms. The highest BCUT2D eigenvalue weighted by atomic mass is 19.1. The molecule has 132 valence electrons. The topological polar surface area (TPSA) is 60.0 Å². The number of benzene rings is 2. The second kappa shape index (κ2) is 6.68. The standard InChI is InChI=1S/C19H18FN5O/c1-24(10-13-7-8-17-18(9-13)23-26-22-17)11-14-12-25(2)21-19(14)15-5-3-4-6-16(15)20/h3-9,12H,10-11H2,1-2H3. The fourth-order valence-corrected chi connectivity index (χ4v) is 3.12. The van der Waals surface area contributed by atoms with Crippen LogP contribution in [0.2, 0.25) is 0 Å². The molecule has 26 heavy (non-hydrogen) atoms. The van der Waals surface area contributed by atoms with Crippen molar-refractivity contribution in [1.29, 1.82) is 0 Å². The van der Waals surface area contributed by atoms with Crippen LogP contribution in [0.15, 0.2) is 53.3 Å². The Morgan fingerprint density at radius 2 is 1.88 bits per heavy atom. The Kier molecular flexibility index (Phi) is 4.22. The summed E-state index contributed by atoms with van der Waals surface area (Å²) in [5.74, 6) is -0.265. The maximum absolute atomic E-state index is 14.2. The zero-order valence-electron chi connectivity index (χ0n) is 14.6. The second-order valence-corrected chi connectivity index (χ2v) is 6.42. The lowest BCUT2D eigenvalue weighted by Gasteiger charge is -2.16. The summed E-state index contributed by atoms with van der Waals surface area (Å²) in [7, 11) is 3.86. The largest absolute Gasteiger partial charge is 0.298 e. The van der Waals surface area contributed by atoms with Crippen LogP contribution >= 0.6 is 0 Å². The molecule has 2 aromatic heterocycles. The predicted octanol–water partition coefficient (Wildman–Crippen LogP) is 3.39. The minimum Gasteiger partial charge on any atom is -0.298 e. The quantitative estimate of drug-likeness (QED) is 0.551. The van der Waals surface area contributed by atoms with Crippen molar-refractivity contribution >= 4 is 11.0 Å². The minimum atomic E-state index is -0.265. The van der Waals surface area contributed by atoms with E-state index in [-0.39, 0.29) is 5.82 Å². The zero-order valence-corrected chi connectivity index (χ0v) is 14.6. The molecule has 0 aliphatic carbocycles. The Morgan fingerprint density at radius 3 is 2.73 bits per heavy atom. The van der Waals surface area contributed by atoms with Gasteiger partial charge in [0, 0.05) is 37.5 Å². The smallest absolute Gasteiger partial charge is 0.135 e. The van der Waals surface area contributed by atoms with Gasteiger partial charge in [0.05, 0.1) is 5.69 Å². The van der Waals surface area contributed by atoms with Gasteiger partial charge in [-0.1, -0.05) is 18.2 Å². The number of hydrogen-bond acceptors (Lipinski definition) is 5. The molecule has 4 aromatic rings. The lowest BCUT2D eigenvalue weighted by atomic mass is 10.1. The molecule has 0 fully saturated rings. The summed E-state index contributed by atoms with van der Waals surface area (Å²) in [5.41, 5.74) is 4.76. The Labute approximate surface area is 149 Å². The molecular weight excluding hydrogens is 333 g/mol. The molecule has 0 saturated carbocycles. The van der Waals surface area contributed by atoms with Crippen LogP contribution in [-0.4, -0.2) is 32.0 Å². The van der Waals surface area contributed by atoms with Gasteiger partial charge in [-0.3, -0.25) is 9.58 Å². The SMILES string of the molecule is CN(Cc1ccc2nonc2c1)Cc1cn(C)nc1-c1ccccc1F. The number of aromatic nitrogens is 4. The van der Waals surface area contributed by atoms with Crippen molar-refractivity contribution < 1.29 is 9.02 Å². The maximum Gasteiger partial charge on any atom is 0.135 e. The van der Waals surface area contributed by atoms with E-state index in [2.05, 4.69) is 20.3 Å². The van der Waals surface area contributed by atoms with Gasteiger partial charge in [-0.25, -0.2) is 9.02 Å². The average Bonchev–Trinajstić information content (AvgIpc) is 3.21. The summed E-state index contributed by atoms with van der Waals surface area (Å²) < 4.78 is 20.6. The molecule has 0 saturated heterocycles. The van der Waals surface area contributed by atoms with Crippen LogP contribution in [0.1, 0.15) is 11.1 Å². The predicted molar refractivity (Wildman–Crippen MR) is 95.6 cm³/mol. The summed E-state index contributed by atoms with van der Waals surface area (Å²) in [5, 5.41) is 12.1. The molecule has 6 nitrogen and oxygen atoms in total. The number of hydrogen-bond donors (Lipinski definition) is 0. The third kappa shape index (κ3) is 3.21. The van der Waals surface area contributed by atoms with E-state index in [9.17, 15) is 4.39 Å². The van der Waals surface area contributed by atoms with Crippen LogP contribution in [0.4, 0.5) is 4.39 Å². The van der Waals surface area contributed by atoms with Gasteiger partial charge in [-0.05, 0) is 47.2 Å². The molecule has 0 amide bonds. The fourth-order valence-electron chi connectivity index (χ4n) is 3.12. The van der Waals surface area contributed by atoms with Gasteiger partial charge in [0.2, 0.25) is 0 Å². The number of nitrogens with zero attached hydrogens (tertiary/aromatic N) is 5. The zero-order chi connectivity index (χ0) is 18.1. The summed E-state index contributed by atoms with van der Waals surface area (Å²) in [6.07, 6.45) is 1.93. The molecule has 0 radical (unpaired) electrons. The van der Waals surface area contributed by atoms with Crippen molar-refractivity contribution in [2.45, 2.75) is 13.1 Å². The summed E-state index contributed by atoms with van der Waals surface area (Å²) in [6.45, 7) is 1.36. The van der Waals surface area contributed by atoms with Gasteiger partial charge < -0.3 is 0 Å². The van der Waals surface area contributed by atoms with E-state index in [1.54, 1.807) is 16.8 Å². The first-order valence-corrected chi connectivity index (χ1v) is 8.27. The molecular formula is C19H18FN5O. The van der Waals surface area contributed by atoms with Crippen LogP contribution < -0.4 is 0 Å². The molecule has 0 aliphatic rings. The Hall–Kier alpha value is -3.06. The van der Waals surface area contributed by atoms with E-state index >= 15 is 0 Å². The maximum atomic E-state index is 14.2. The highest BCUT2D eigenvalue weighted by Crippen LogP contribution is 2.26. The van der Waals surface area contributed by atoms with Crippen LogP contribution in [0.25, 0.3) is 22.3 Å². The van der Waals surface area contributed by atoms with Crippen molar-refractivity contribution in [2.75, 3.05) is 7.05 Å². The first kappa shape index (κ1) is 16.4. The Bertz CT molecular complexity index is 1050. The summed E-state index contributed by atoms with van der Waals surface area (Å²) in [6, 6.07) is 12.6. The van der Waals surface area contributed by atoms with Crippen LogP contribution in [0, 0.1) is 5.82 Å². The van der Waals surface area contributed by atoms with Crippen LogP contribution in [0.3, 0.4) is 0 Å². The molecule has 2 aromatic carbocycles. The molecule has 4 rings (SSSR count). The van der Waals surface area contributed by atoms with Gasteiger partial charge in [0.1, 0.15) is 16.9 Å². The normalized spacial score (nSPS) is 11.5. The van der Waals surface area contributed by atoms with Gasteiger partial charge in [-0.2, -0.15) is 5.10 Å². The third-order valence-electron chi connectivity index (χ3n) is 4.24. The number of fused-ring (bicyclic) bond motifs is 1. The molecule has 2 heterocycles. The van der Waals surface area contributed by atoms with Crippen molar-refractivity contribution in [3.63, 3.8) is 0 Å². The van der Waals surface area contributed by atoms with E-state index in [0.29, 0.717) is 24.3 Å². The first-order chi connectivity index (χ1) is 12.6. The third-order valence-corrected chi connectivity index (χ3v) is 4.24. The molecule has 0 N–H and O–H groups in total. The van der Waals surface area contributed by atoms with Crippen molar-refractivity contribution in [2.24, 2.45) is 7.05 Å². The molecule has 7 heteroatoms. The second-order valence-electron chi connectivity index (χ2n) is 6.42. The number of aryl methyl sites for hydroxylation is 1. The molecule has 0 aliphatic heterocycles. The highest BCUT2D eigenvalue weighted by molar-refractivity contribution is 5.73. The van der Waals surface area contributed by atoms with E-state index < -0.39 is 0 Å². The lowest BCUT2D eigenvalue weighted by molar-refractivity contribution is 0.315. The summed E-state index contributed by atoms with van der Waals surface area (Å²) in [4.78, 5) is 2.15. The fraction of sp³-hybridized carbons (Fsp3) is 0.211. The van der Waals surface area contributed by atoms with Gasteiger partial charge in [-0.15, -0.1) is 0 Å². The molecule has 0 spiro atoms. The first-order valence-electron chi connectivity index (χ1n) is 8.27. The van der Waals surface area contributed by atoms with Gasteiger partial charge in [0.15, 0.2) is 0 Å². The van der Waals surface area contributed by atoms with E-state index in [0.717, 1.165) is 22.2 Å². The number of rotatable bonds is 5. The minimum absolute atomic E-state index is 0.265. The molecule has 0 atom stereocenters. The van der Waals surface area contributed by atoms with E-state index in [4.69, 9.17) is 4.63 Å². The van der Waals surface area contributed by atoms with Gasteiger partial charge >= 0.3 is 0 Å². The number of halogens is 1. The summed E-state index contributed by atoms with van der Waals surface area (Å²) >= 11 is 0. The van der Waals surface area contributed by atoms with E-state index in [1.165, 1.54) is 6.07 Å². The van der Waals surface area contributed by atoms with Crippen molar-refractivity contribution in [3.05, 3.63) is 65.6 Å². The monoisotopic (exact) mass is 351 g/mol. The Balaban J connectivity index is 1.56. The average molecular weight is 351 g/mol. The Morgan fingerprint density at radius 1 is 1.08 bits per heavy atom. The van der Waals surface area contributed by atoms with Gasteiger partial charge in [0.25, 0.3) is 0 Å². The van der Waals surface area contributed by atoms with Crippen molar-refractivity contribution in [1.82, 2.24) is 25.0 Å². The van der Waals surface area contributed by atoms with Crippen LogP contribution in [0.5, 0.6) is 0 Å². The van der Waals surface area contributed by atoms with Crippen LogP contribution in [-0.2, 0) is 20.1 Å². The molecule has 0 unspecified atom stereocenters. The van der Waals surface area contributed by atoms with Crippen molar-refractivity contribution in [3.8, 4) is 11.3 Å². The lowest BCUT2D eigenvalue weighted by Crippen LogP contribution is -2.17. The highest BCUT2D eigenvalue weighted by Gasteiger charge is 2.15.